The van der Waals surface area contributed by atoms with Crippen LogP contribution in [-0.4, -0.2) is 29.9 Å². The summed E-state index contributed by atoms with van der Waals surface area (Å²) in [7, 11) is 0. The molecule has 1 aliphatic rings. The van der Waals surface area contributed by atoms with Crippen molar-refractivity contribution < 1.29 is 9.18 Å². The van der Waals surface area contributed by atoms with Gasteiger partial charge in [-0.15, -0.1) is 12.4 Å². The highest BCUT2D eigenvalue weighted by Crippen LogP contribution is 2.26. The van der Waals surface area contributed by atoms with E-state index in [-0.39, 0.29) is 42.5 Å². The Hall–Kier alpha value is -1.91. The van der Waals surface area contributed by atoms with Crippen LogP contribution in [0.2, 0.25) is 0 Å². The lowest BCUT2D eigenvalue weighted by Gasteiger charge is -2.16. The van der Waals surface area contributed by atoms with E-state index in [0.717, 1.165) is 5.56 Å². The predicted molar refractivity (Wildman–Crippen MR) is 91.1 cm³/mol. The monoisotopic (exact) mass is 334 g/mol. The van der Waals surface area contributed by atoms with Gasteiger partial charge < -0.3 is 10.6 Å². The van der Waals surface area contributed by atoms with Gasteiger partial charge in [-0.05, 0) is 23.3 Å². The molecule has 0 bridgehead atoms. The first kappa shape index (κ1) is 17.4. The van der Waals surface area contributed by atoms with Gasteiger partial charge in [0.15, 0.2) is 0 Å². The number of rotatable bonds is 3. The normalized spacial score (nSPS) is 20.2. The van der Waals surface area contributed by atoms with Crippen LogP contribution >= 0.6 is 12.4 Å². The lowest BCUT2D eigenvalue weighted by molar-refractivity contribution is -0.129. The standard InChI is InChI=1S/C18H19FN2O.ClH/c19-15-8-4-5-13(9-15)10-18(22)21-11-16(17(20)12-21)14-6-2-1-3-7-14;/h1-9,16-17H,10-12,20H2;1H/t16-,17+;/m0./s1. The second-order valence-electron chi connectivity index (χ2n) is 5.79. The Kier molecular flexibility index (Phi) is 5.74. The van der Waals surface area contributed by atoms with Gasteiger partial charge in [-0.25, -0.2) is 4.39 Å². The first-order chi connectivity index (χ1) is 10.6. The molecule has 1 aliphatic heterocycles. The zero-order valence-electron chi connectivity index (χ0n) is 12.7. The van der Waals surface area contributed by atoms with Gasteiger partial charge in [0.2, 0.25) is 5.91 Å². The highest BCUT2D eigenvalue weighted by Gasteiger charge is 2.33. The van der Waals surface area contributed by atoms with E-state index in [9.17, 15) is 9.18 Å². The fraction of sp³-hybridized carbons (Fsp3) is 0.278. The highest BCUT2D eigenvalue weighted by molar-refractivity contribution is 5.85. The summed E-state index contributed by atoms with van der Waals surface area (Å²) in [5, 5.41) is 0. The summed E-state index contributed by atoms with van der Waals surface area (Å²) in [5.41, 5.74) is 8.06. The van der Waals surface area contributed by atoms with Crippen molar-refractivity contribution in [3.05, 3.63) is 71.5 Å². The zero-order chi connectivity index (χ0) is 15.5. The zero-order valence-corrected chi connectivity index (χ0v) is 13.5. The van der Waals surface area contributed by atoms with Crippen LogP contribution in [0.4, 0.5) is 4.39 Å². The van der Waals surface area contributed by atoms with Gasteiger partial charge >= 0.3 is 0 Å². The van der Waals surface area contributed by atoms with E-state index < -0.39 is 0 Å². The van der Waals surface area contributed by atoms with Crippen LogP contribution in [0.5, 0.6) is 0 Å². The van der Waals surface area contributed by atoms with Gasteiger partial charge in [-0.1, -0.05) is 42.5 Å². The topological polar surface area (TPSA) is 46.3 Å². The smallest absolute Gasteiger partial charge is 0.227 e. The van der Waals surface area contributed by atoms with Gasteiger partial charge in [0.1, 0.15) is 5.82 Å². The highest BCUT2D eigenvalue weighted by atomic mass is 35.5. The Morgan fingerprint density at radius 2 is 1.87 bits per heavy atom. The number of halogens is 2. The van der Waals surface area contributed by atoms with Crippen LogP contribution < -0.4 is 5.73 Å². The molecule has 3 nitrogen and oxygen atoms in total. The third kappa shape index (κ3) is 4.09. The maximum Gasteiger partial charge on any atom is 0.227 e. The Morgan fingerprint density at radius 3 is 2.57 bits per heavy atom. The van der Waals surface area contributed by atoms with Crippen LogP contribution in [0, 0.1) is 5.82 Å². The number of nitrogens with two attached hydrogens (primary N) is 1. The number of amides is 1. The first-order valence-electron chi connectivity index (χ1n) is 7.46. The van der Waals surface area contributed by atoms with Crippen LogP contribution in [0.1, 0.15) is 17.0 Å². The molecule has 0 radical (unpaired) electrons. The summed E-state index contributed by atoms with van der Waals surface area (Å²) in [5.74, 6) is -0.150. The summed E-state index contributed by atoms with van der Waals surface area (Å²) in [6.07, 6.45) is 0.214. The molecule has 0 aliphatic carbocycles. The van der Waals surface area contributed by atoms with Crippen LogP contribution in [0.15, 0.2) is 54.6 Å². The Bertz CT molecular complexity index is 665. The molecule has 122 valence electrons. The third-order valence-corrected chi connectivity index (χ3v) is 4.19. The lowest BCUT2D eigenvalue weighted by Crippen LogP contribution is -2.33. The SMILES string of the molecule is Cl.N[C@@H]1CN(C(=O)Cc2cccc(F)c2)C[C@H]1c1ccccc1. The molecular weight excluding hydrogens is 315 g/mol. The third-order valence-electron chi connectivity index (χ3n) is 4.19. The molecule has 2 atom stereocenters. The molecule has 0 unspecified atom stereocenters. The average Bonchev–Trinajstić information content (AvgIpc) is 2.90. The van der Waals surface area contributed by atoms with E-state index in [0.29, 0.717) is 18.7 Å². The van der Waals surface area contributed by atoms with Gasteiger partial charge in [-0.2, -0.15) is 0 Å². The Labute approximate surface area is 141 Å². The summed E-state index contributed by atoms with van der Waals surface area (Å²) in [6, 6.07) is 16.2. The number of carbonyl (C=O) groups excluding carboxylic acids is 1. The summed E-state index contributed by atoms with van der Waals surface area (Å²) in [6.45, 7) is 1.17. The number of benzene rings is 2. The van der Waals surface area contributed by atoms with Gasteiger partial charge in [-0.3, -0.25) is 4.79 Å². The van der Waals surface area contributed by atoms with E-state index >= 15 is 0 Å². The molecule has 2 aromatic carbocycles. The number of nitrogens with zero attached hydrogens (tertiary/aromatic N) is 1. The molecule has 3 rings (SSSR count). The second-order valence-corrected chi connectivity index (χ2v) is 5.79. The first-order valence-corrected chi connectivity index (χ1v) is 7.46. The minimum absolute atomic E-state index is 0. The second kappa shape index (κ2) is 7.57. The molecule has 23 heavy (non-hydrogen) atoms. The summed E-state index contributed by atoms with van der Waals surface area (Å²) < 4.78 is 13.2. The molecule has 2 N–H and O–H groups in total. The van der Waals surface area contributed by atoms with Crippen molar-refractivity contribution in [3.63, 3.8) is 0 Å². The summed E-state index contributed by atoms with van der Waals surface area (Å²) in [4.78, 5) is 14.2. The van der Waals surface area contributed by atoms with E-state index in [1.165, 1.54) is 12.1 Å². The molecule has 5 heteroatoms. The molecule has 1 heterocycles. The molecule has 1 amide bonds. The Balaban J connectivity index is 0.00000192. The largest absolute Gasteiger partial charge is 0.340 e. The van der Waals surface area contributed by atoms with E-state index in [4.69, 9.17) is 5.73 Å². The van der Waals surface area contributed by atoms with Crippen molar-refractivity contribution >= 4 is 18.3 Å². The lowest BCUT2D eigenvalue weighted by atomic mass is 9.95. The van der Waals surface area contributed by atoms with E-state index in [2.05, 4.69) is 0 Å². The maximum absolute atomic E-state index is 13.2. The fourth-order valence-electron chi connectivity index (χ4n) is 3.02. The minimum Gasteiger partial charge on any atom is -0.340 e. The number of hydrogen-bond acceptors (Lipinski definition) is 2. The molecule has 0 aromatic heterocycles. The van der Waals surface area contributed by atoms with Crippen molar-refractivity contribution in [2.24, 2.45) is 5.73 Å². The van der Waals surface area contributed by atoms with Crippen molar-refractivity contribution in [2.45, 2.75) is 18.4 Å². The van der Waals surface area contributed by atoms with Crippen LogP contribution in [0.3, 0.4) is 0 Å². The predicted octanol–water partition coefficient (Wildman–Crippen LogP) is 2.74. The van der Waals surface area contributed by atoms with Crippen LogP contribution in [-0.2, 0) is 11.2 Å². The van der Waals surface area contributed by atoms with Crippen molar-refractivity contribution in [2.75, 3.05) is 13.1 Å². The van der Waals surface area contributed by atoms with Crippen molar-refractivity contribution in [1.29, 1.82) is 0 Å². The minimum atomic E-state index is -0.314. The quantitative estimate of drug-likeness (QED) is 0.938. The molecular formula is C18H20ClFN2O. The maximum atomic E-state index is 13.2. The van der Waals surface area contributed by atoms with Gasteiger partial charge in [0.25, 0.3) is 0 Å². The number of carbonyl (C=O) groups is 1. The fourth-order valence-corrected chi connectivity index (χ4v) is 3.02. The van der Waals surface area contributed by atoms with Crippen LogP contribution in [0.25, 0.3) is 0 Å². The number of likely N-dealkylation sites (tertiary alicyclic amines) is 1. The molecule has 1 saturated heterocycles. The summed E-state index contributed by atoms with van der Waals surface area (Å²) >= 11 is 0. The van der Waals surface area contributed by atoms with E-state index in [1.54, 1.807) is 17.0 Å². The van der Waals surface area contributed by atoms with Crippen molar-refractivity contribution in [1.82, 2.24) is 4.90 Å². The molecule has 0 saturated carbocycles. The van der Waals surface area contributed by atoms with Gasteiger partial charge in [0, 0.05) is 25.0 Å². The molecule has 1 fully saturated rings. The van der Waals surface area contributed by atoms with E-state index in [1.807, 2.05) is 30.3 Å². The van der Waals surface area contributed by atoms with Gasteiger partial charge in [0.05, 0.1) is 6.42 Å². The molecule has 2 aromatic rings. The Morgan fingerprint density at radius 1 is 1.13 bits per heavy atom. The molecule has 0 spiro atoms. The van der Waals surface area contributed by atoms with Crippen molar-refractivity contribution in [3.8, 4) is 0 Å². The average molecular weight is 335 g/mol. The number of hydrogen-bond donors (Lipinski definition) is 1.